The predicted molar refractivity (Wildman–Crippen MR) is 87.9 cm³/mol. The third-order valence-corrected chi connectivity index (χ3v) is 5.78. The fraction of sp³-hybridized carbons (Fsp3) is 0.0556. The van der Waals surface area contributed by atoms with Gasteiger partial charge in [0.1, 0.15) is 0 Å². The Bertz CT molecular complexity index is 1210. The number of pyridine rings is 1. The molecule has 6 rings (SSSR count). The van der Waals surface area contributed by atoms with Gasteiger partial charge < -0.3 is 0 Å². The van der Waals surface area contributed by atoms with Crippen molar-refractivity contribution in [3.05, 3.63) is 54.9 Å². The molecule has 4 heterocycles. The highest BCUT2D eigenvalue weighted by Crippen LogP contribution is 2.41. The molecule has 0 unspecified atom stereocenters. The van der Waals surface area contributed by atoms with E-state index in [2.05, 4.69) is 64.0 Å². The van der Waals surface area contributed by atoms with Crippen molar-refractivity contribution in [2.45, 2.75) is 6.67 Å². The molecule has 3 heteroatoms. The van der Waals surface area contributed by atoms with Crippen molar-refractivity contribution in [3.63, 3.8) is 0 Å². The van der Waals surface area contributed by atoms with Gasteiger partial charge in [-0.1, -0.05) is 12.1 Å². The molecule has 0 fully saturated rings. The van der Waals surface area contributed by atoms with E-state index >= 15 is 0 Å². The highest BCUT2D eigenvalue weighted by molar-refractivity contribution is 7.26. The van der Waals surface area contributed by atoms with Crippen LogP contribution < -0.4 is 4.57 Å². The van der Waals surface area contributed by atoms with E-state index in [4.69, 9.17) is 0 Å². The summed E-state index contributed by atoms with van der Waals surface area (Å²) in [6.07, 6.45) is 4.41. The molecule has 0 radical (unpaired) electrons. The van der Waals surface area contributed by atoms with Crippen molar-refractivity contribution < 1.29 is 4.57 Å². The van der Waals surface area contributed by atoms with Gasteiger partial charge in [-0.2, -0.15) is 4.57 Å². The summed E-state index contributed by atoms with van der Waals surface area (Å²) < 4.78 is 7.52. The van der Waals surface area contributed by atoms with Crippen LogP contribution in [0.5, 0.6) is 0 Å². The van der Waals surface area contributed by atoms with Crippen molar-refractivity contribution in [2.24, 2.45) is 0 Å². The van der Waals surface area contributed by atoms with Crippen LogP contribution in [0.3, 0.4) is 0 Å². The molecule has 1 aliphatic heterocycles. The molecule has 5 aromatic rings. The smallest absolute Gasteiger partial charge is 0.228 e. The molecule has 0 atom stereocenters. The zero-order chi connectivity index (χ0) is 13.6. The Morgan fingerprint density at radius 3 is 2.81 bits per heavy atom. The summed E-state index contributed by atoms with van der Waals surface area (Å²) in [5, 5.41) is 5.52. The van der Waals surface area contributed by atoms with Crippen LogP contribution in [-0.4, -0.2) is 4.57 Å². The Balaban J connectivity index is 2.13. The number of aromatic nitrogens is 2. The van der Waals surface area contributed by atoms with Gasteiger partial charge in [0.2, 0.25) is 12.2 Å². The van der Waals surface area contributed by atoms with Gasteiger partial charge in [-0.15, -0.1) is 11.3 Å². The molecule has 21 heavy (non-hydrogen) atoms. The highest BCUT2D eigenvalue weighted by atomic mass is 32.1. The normalized spacial score (nSPS) is 13.5. The molecular formula is C18H11N2S+. The van der Waals surface area contributed by atoms with E-state index in [0.29, 0.717) is 0 Å². The first-order chi connectivity index (χ1) is 10.4. The van der Waals surface area contributed by atoms with Crippen molar-refractivity contribution in [1.29, 1.82) is 0 Å². The molecule has 0 bridgehead atoms. The lowest BCUT2D eigenvalue weighted by atomic mass is 10.0. The molecule has 0 aliphatic carbocycles. The molecule has 0 spiro atoms. The van der Waals surface area contributed by atoms with Gasteiger partial charge in [0.05, 0.1) is 21.0 Å². The lowest BCUT2D eigenvalue weighted by molar-refractivity contribution is -0.672. The van der Waals surface area contributed by atoms with Crippen molar-refractivity contribution in [3.8, 4) is 0 Å². The van der Waals surface area contributed by atoms with Crippen LogP contribution in [0.1, 0.15) is 0 Å². The van der Waals surface area contributed by atoms with Gasteiger partial charge in [-0.05, 0) is 29.7 Å². The van der Waals surface area contributed by atoms with Crippen molar-refractivity contribution in [1.82, 2.24) is 4.57 Å². The largest absolute Gasteiger partial charge is 0.290 e. The van der Waals surface area contributed by atoms with Crippen LogP contribution in [0.25, 0.3) is 42.0 Å². The van der Waals surface area contributed by atoms with E-state index in [1.807, 2.05) is 11.3 Å². The predicted octanol–water partition coefficient (Wildman–Crippen LogP) is 4.27. The van der Waals surface area contributed by atoms with E-state index in [0.717, 1.165) is 6.67 Å². The van der Waals surface area contributed by atoms with Gasteiger partial charge in [0.15, 0.2) is 6.20 Å². The Morgan fingerprint density at radius 1 is 0.905 bits per heavy atom. The lowest BCUT2D eigenvalue weighted by Gasteiger charge is -2.02. The summed E-state index contributed by atoms with van der Waals surface area (Å²) in [5.41, 5.74) is 2.76. The Hall–Kier alpha value is -2.39. The van der Waals surface area contributed by atoms with Crippen LogP contribution in [0.2, 0.25) is 0 Å². The second kappa shape index (κ2) is 3.26. The van der Waals surface area contributed by atoms with Crippen LogP contribution in [0, 0.1) is 0 Å². The van der Waals surface area contributed by atoms with Crippen molar-refractivity contribution >= 4 is 53.3 Å². The van der Waals surface area contributed by atoms with E-state index in [-0.39, 0.29) is 0 Å². The molecule has 1 aliphatic rings. The minimum Gasteiger partial charge on any atom is -0.290 e. The first-order valence-electron chi connectivity index (χ1n) is 7.15. The second-order valence-electron chi connectivity index (χ2n) is 5.76. The van der Waals surface area contributed by atoms with Crippen molar-refractivity contribution in [2.75, 3.05) is 0 Å². The quantitative estimate of drug-likeness (QED) is 0.369. The Morgan fingerprint density at radius 2 is 1.81 bits per heavy atom. The monoisotopic (exact) mass is 287 g/mol. The molecule has 0 saturated heterocycles. The Kier molecular flexibility index (Phi) is 1.61. The molecule has 3 aromatic heterocycles. The van der Waals surface area contributed by atoms with Gasteiger partial charge in [0, 0.05) is 22.3 Å². The van der Waals surface area contributed by atoms with Gasteiger partial charge >= 0.3 is 0 Å². The summed E-state index contributed by atoms with van der Waals surface area (Å²) in [4.78, 5) is 0. The van der Waals surface area contributed by atoms with Crippen LogP contribution in [0.4, 0.5) is 0 Å². The minimum absolute atomic E-state index is 0.889. The van der Waals surface area contributed by atoms with E-state index in [9.17, 15) is 0 Å². The van der Waals surface area contributed by atoms with Crippen LogP contribution >= 0.6 is 11.3 Å². The molecule has 98 valence electrons. The maximum atomic E-state index is 2.38. The van der Waals surface area contributed by atoms with E-state index in [1.165, 1.54) is 42.0 Å². The molecule has 0 saturated carbocycles. The van der Waals surface area contributed by atoms with Gasteiger partial charge in [0.25, 0.3) is 0 Å². The maximum absolute atomic E-state index is 2.38. The zero-order valence-electron chi connectivity index (χ0n) is 11.2. The summed E-state index contributed by atoms with van der Waals surface area (Å²) >= 11 is 1.90. The van der Waals surface area contributed by atoms with E-state index < -0.39 is 0 Å². The number of thiophene rings is 1. The molecular weight excluding hydrogens is 276 g/mol. The van der Waals surface area contributed by atoms with Gasteiger partial charge in [-0.3, -0.25) is 4.57 Å². The van der Waals surface area contributed by atoms with Crippen LogP contribution in [-0.2, 0) is 6.67 Å². The van der Waals surface area contributed by atoms with Crippen LogP contribution in [0.15, 0.2) is 54.9 Å². The summed E-state index contributed by atoms with van der Waals surface area (Å²) in [7, 11) is 0. The lowest BCUT2D eigenvalue weighted by Crippen LogP contribution is -2.35. The number of rotatable bonds is 0. The zero-order valence-corrected chi connectivity index (χ0v) is 12.0. The maximum Gasteiger partial charge on any atom is 0.228 e. The first-order valence-corrected chi connectivity index (χ1v) is 7.97. The summed E-state index contributed by atoms with van der Waals surface area (Å²) in [6.45, 7) is 0.889. The topological polar surface area (TPSA) is 8.81 Å². The first kappa shape index (κ1) is 10.4. The van der Waals surface area contributed by atoms with Gasteiger partial charge in [-0.25, -0.2) is 0 Å². The summed E-state index contributed by atoms with van der Waals surface area (Å²) in [6, 6.07) is 15.7. The second-order valence-corrected chi connectivity index (χ2v) is 6.84. The average Bonchev–Trinajstić information content (AvgIpc) is 3.04. The number of benzene rings is 2. The fourth-order valence-electron chi connectivity index (χ4n) is 3.80. The SMILES string of the molecule is c1cc2sc3ccc4ccc5cc[n+]6c5c4c3c2n(c1)C6. The Labute approximate surface area is 124 Å². The standard InChI is InChI=1S/C18H11N2S/c1-2-14-18-16-13(21-14)6-5-11-3-4-12-7-9-20(10-19(18)8-1)17(12)15(11)16/h1-9H,10H2/q+1. The number of hydrogen-bond donors (Lipinski definition) is 0. The third-order valence-electron chi connectivity index (χ3n) is 4.67. The summed E-state index contributed by atoms with van der Waals surface area (Å²) in [5.74, 6) is 0. The molecule has 2 aromatic carbocycles. The number of hydrogen-bond acceptors (Lipinski definition) is 1. The molecule has 2 nitrogen and oxygen atoms in total. The average molecular weight is 287 g/mol. The van der Waals surface area contributed by atoms with E-state index in [1.54, 1.807) is 0 Å². The number of nitrogens with zero attached hydrogens (tertiary/aromatic N) is 2. The fourth-order valence-corrected chi connectivity index (χ4v) is 4.94. The molecule has 0 amide bonds. The minimum atomic E-state index is 0.889. The third kappa shape index (κ3) is 1.09. The highest BCUT2D eigenvalue weighted by Gasteiger charge is 2.23. The molecule has 0 N–H and O–H groups in total.